The van der Waals surface area contributed by atoms with Gasteiger partial charge in [0.05, 0.1) is 12.3 Å². The van der Waals surface area contributed by atoms with E-state index in [1.165, 1.54) is 18.9 Å². The lowest BCUT2D eigenvalue weighted by Gasteiger charge is -2.39. The van der Waals surface area contributed by atoms with E-state index >= 15 is 0 Å². The number of rotatable bonds is 2. The molecule has 1 saturated heterocycles. The Kier molecular flexibility index (Phi) is 4.34. The van der Waals surface area contributed by atoms with Crippen molar-refractivity contribution in [2.45, 2.75) is 31.5 Å². The van der Waals surface area contributed by atoms with Gasteiger partial charge in [-0.3, -0.25) is 4.79 Å². The molecule has 2 unspecified atom stereocenters. The Morgan fingerprint density at radius 3 is 2.69 bits per heavy atom. The van der Waals surface area contributed by atoms with Crippen LogP contribution in [0.4, 0.5) is 0 Å². The van der Waals surface area contributed by atoms with Crippen LogP contribution in [0.15, 0.2) is 47.1 Å². The van der Waals surface area contributed by atoms with Crippen LogP contribution in [0.3, 0.4) is 0 Å². The number of carbonyl (C=O) groups is 1. The fourth-order valence-corrected chi connectivity index (χ4v) is 4.91. The van der Waals surface area contributed by atoms with Crippen LogP contribution in [-0.4, -0.2) is 43.2 Å². The molecule has 1 fully saturated rings. The van der Waals surface area contributed by atoms with E-state index in [0.717, 1.165) is 16.3 Å². The molecule has 2 aliphatic rings. The van der Waals surface area contributed by atoms with Crippen molar-refractivity contribution >= 4 is 16.1 Å². The number of nitrogens with one attached hydrogen (secondary N) is 1. The average molecular weight is 375 g/mol. The van der Waals surface area contributed by atoms with Gasteiger partial charge in [0.25, 0.3) is 10.2 Å². The van der Waals surface area contributed by atoms with Crippen LogP contribution in [0.2, 0.25) is 0 Å². The lowest BCUT2D eigenvalue weighted by Crippen LogP contribution is -2.58. The summed E-state index contributed by atoms with van der Waals surface area (Å²) in [4.78, 5) is 14.9. The van der Waals surface area contributed by atoms with Gasteiger partial charge in [0.2, 0.25) is 5.91 Å². The van der Waals surface area contributed by atoms with Crippen molar-refractivity contribution in [2.75, 3.05) is 13.6 Å². The second-order valence-corrected chi connectivity index (χ2v) is 8.50. The Hall–Kier alpha value is -2.16. The molecule has 0 aliphatic carbocycles. The largest absolute Gasteiger partial charge is 0.468 e. The van der Waals surface area contributed by atoms with E-state index in [2.05, 4.69) is 10.8 Å². The lowest BCUT2D eigenvalue weighted by molar-refractivity contribution is -0.136. The normalized spacial score (nSPS) is 25.7. The van der Waals surface area contributed by atoms with Gasteiger partial charge in [0, 0.05) is 20.1 Å². The minimum Gasteiger partial charge on any atom is -0.468 e. The molecular weight excluding hydrogens is 354 g/mol. The molecule has 1 amide bonds. The van der Waals surface area contributed by atoms with Gasteiger partial charge >= 0.3 is 0 Å². The van der Waals surface area contributed by atoms with Crippen LogP contribution in [0, 0.1) is 0 Å². The van der Waals surface area contributed by atoms with Gasteiger partial charge in [-0.2, -0.15) is 17.4 Å². The lowest BCUT2D eigenvalue weighted by atomic mass is 9.98. The number of amides is 1. The first-order valence-electron chi connectivity index (χ1n) is 8.60. The standard InChI is InChI=1S/C18H21N3O4S/c1-20-16(11-15(19-26(20,23)24)17-7-4-10-25-17)18(22)21-9-8-13-5-2-3-6-14(13)12-21/h2-7,10,15-16,19H,8-9,11-12H2,1H3. The third kappa shape index (κ3) is 3.04. The molecule has 138 valence electrons. The summed E-state index contributed by atoms with van der Waals surface area (Å²) < 4.78 is 34.0. The topological polar surface area (TPSA) is 82.9 Å². The molecule has 7 nitrogen and oxygen atoms in total. The number of fused-ring (bicyclic) bond motifs is 1. The number of furan rings is 1. The molecular formula is C18H21N3O4S. The van der Waals surface area contributed by atoms with Crippen LogP contribution in [0.1, 0.15) is 29.3 Å². The molecule has 26 heavy (non-hydrogen) atoms. The maximum atomic E-state index is 13.1. The summed E-state index contributed by atoms with van der Waals surface area (Å²) in [6.45, 7) is 1.11. The van der Waals surface area contributed by atoms with Gasteiger partial charge in [0.1, 0.15) is 11.8 Å². The van der Waals surface area contributed by atoms with E-state index in [4.69, 9.17) is 4.42 Å². The van der Waals surface area contributed by atoms with Gasteiger partial charge in [-0.05, 0) is 36.1 Å². The first-order valence-corrected chi connectivity index (χ1v) is 10.0. The van der Waals surface area contributed by atoms with Crippen molar-refractivity contribution in [1.82, 2.24) is 13.9 Å². The van der Waals surface area contributed by atoms with Crippen molar-refractivity contribution < 1.29 is 17.6 Å². The van der Waals surface area contributed by atoms with E-state index in [9.17, 15) is 13.2 Å². The van der Waals surface area contributed by atoms with Crippen LogP contribution in [0.25, 0.3) is 0 Å². The summed E-state index contributed by atoms with van der Waals surface area (Å²) in [5.41, 5.74) is 2.37. The summed E-state index contributed by atoms with van der Waals surface area (Å²) >= 11 is 0. The number of carbonyl (C=O) groups excluding carboxylic acids is 1. The first-order chi connectivity index (χ1) is 12.5. The van der Waals surface area contributed by atoms with Crippen LogP contribution >= 0.6 is 0 Å². The average Bonchev–Trinajstić information content (AvgIpc) is 3.17. The molecule has 2 aliphatic heterocycles. The summed E-state index contributed by atoms with van der Waals surface area (Å²) in [5.74, 6) is 0.354. The molecule has 0 saturated carbocycles. The number of benzene rings is 1. The van der Waals surface area contributed by atoms with Gasteiger partial charge in [-0.25, -0.2) is 0 Å². The zero-order valence-electron chi connectivity index (χ0n) is 14.5. The summed E-state index contributed by atoms with van der Waals surface area (Å²) in [6, 6.07) is 10.2. The van der Waals surface area contributed by atoms with Crippen LogP contribution in [-0.2, 0) is 28.0 Å². The molecule has 1 aromatic heterocycles. The van der Waals surface area contributed by atoms with Crippen molar-refractivity contribution in [1.29, 1.82) is 0 Å². The van der Waals surface area contributed by atoms with Crippen molar-refractivity contribution in [3.63, 3.8) is 0 Å². The highest BCUT2D eigenvalue weighted by Gasteiger charge is 2.43. The van der Waals surface area contributed by atoms with Crippen molar-refractivity contribution in [2.24, 2.45) is 0 Å². The summed E-state index contributed by atoms with van der Waals surface area (Å²) in [5, 5.41) is 0. The van der Waals surface area contributed by atoms with Crippen LogP contribution in [0.5, 0.6) is 0 Å². The molecule has 1 N–H and O–H groups in total. The van der Waals surface area contributed by atoms with Crippen LogP contribution < -0.4 is 4.72 Å². The highest BCUT2D eigenvalue weighted by atomic mass is 32.2. The minimum absolute atomic E-state index is 0.163. The SMILES string of the molecule is CN1C(C(=O)N2CCc3ccccc3C2)CC(c2ccco2)NS1(=O)=O. The van der Waals surface area contributed by atoms with E-state index in [-0.39, 0.29) is 5.91 Å². The van der Waals surface area contributed by atoms with Gasteiger partial charge < -0.3 is 9.32 Å². The first kappa shape index (κ1) is 17.3. The van der Waals surface area contributed by atoms with E-state index in [0.29, 0.717) is 25.3 Å². The minimum atomic E-state index is -3.75. The second kappa shape index (κ2) is 6.53. The predicted octanol–water partition coefficient (Wildman–Crippen LogP) is 1.44. The monoisotopic (exact) mass is 375 g/mol. The molecule has 2 atom stereocenters. The number of hydrogen-bond acceptors (Lipinski definition) is 4. The van der Waals surface area contributed by atoms with E-state index in [1.54, 1.807) is 17.0 Å². The summed E-state index contributed by atoms with van der Waals surface area (Å²) in [7, 11) is -2.31. The molecule has 8 heteroatoms. The van der Waals surface area contributed by atoms with Crippen molar-refractivity contribution in [3.8, 4) is 0 Å². The van der Waals surface area contributed by atoms with E-state index in [1.807, 2.05) is 18.2 Å². The number of likely N-dealkylation sites (N-methyl/N-ethyl adjacent to an activating group) is 1. The summed E-state index contributed by atoms with van der Waals surface area (Å²) in [6.07, 6.45) is 2.62. The highest BCUT2D eigenvalue weighted by Crippen LogP contribution is 2.30. The van der Waals surface area contributed by atoms with E-state index < -0.39 is 22.3 Å². The molecule has 3 heterocycles. The van der Waals surface area contributed by atoms with Gasteiger partial charge in [0.15, 0.2) is 0 Å². The Morgan fingerprint density at radius 1 is 1.19 bits per heavy atom. The van der Waals surface area contributed by atoms with Gasteiger partial charge in [-0.15, -0.1) is 0 Å². The molecule has 0 bridgehead atoms. The fraction of sp³-hybridized carbons (Fsp3) is 0.389. The fourth-order valence-electron chi connectivity index (χ4n) is 3.66. The maximum absolute atomic E-state index is 13.1. The number of nitrogens with zero attached hydrogens (tertiary/aromatic N) is 2. The smallest absolute Gasteiger partial charge is 0.280 e. The third-order valence-corrected chi connectivity index (χ3v) is 6.78. The number of hydrogen-bond donors (Lipinski definition) is 1. The Morgan fingerprint density at radius 2 is 1.96 bits per heavy atom. The Labute approximate surface area is 152 Å². The molecule has 4 rings (SSSR count). The molecule has 0 radical (unpaired) electrons. The Balaban J connectivity index is 1.58. The quantitative estimate of drug-likeness (QED) is 0.861. The zero-order valence-corrected chi connectivity index (χ0v) is 15.3. The third-order valence-electron chi connectivity index (χ3n) is 5.18. The molecule has 1 aromatic carbocycles. The molecule has 2 aromatic rings. The maximum Gasteiger partial charge on any atom is 0.280 e. The highest BCUT2D eigenvalue weighted by molar-refractivity contribution is 7.87. The predicted molar refractivity (Wildman–Crippen MR) is 95.2 cm³/mol. The molecule has 0 spiro atoms. The second-order valence-electron chi connectivity index (χ2n) is 6.74. The van der Waals surface area contributed by atoms with Crippen molar-refractivity contribution in [3.05, 3.63) is 59.5 Å². The zero-order chi connectivity index (χ0) is 18.3. The Bertz CT molecular complexity index is 910. The van der Waals surface area contributed by atoms with Gasteiger partial charge in [-0.1, -0.05) is 24.3 Å².